The van der Waals surface area contributed by atoms with Crippen molar-refractivity contribution in [2.24, 2.45) is 7.05 Å². The van der Waals surface area contributed by atoms with E-state index < -0.39 is 5.56 Å². The van der Waals surface area contributed by atoms with Crippen LogP contribution in [0, 0.1) is 0 Å². The molecule has 0 spiro atoms. The zero-order chi connectivity index (χ0) is 17.1. The molecule has 7 nitrogen and oxygen atoms in total. The minimum atomic E-state index is -0.453. The quantitative estimate of drug-likeness (QED) is 0.741. The van der Waals surface area contributed by atoms with E-state index in [-0.39, 0.29) is 11.1 Å². The molecule has 2 N–H and O–H groups in total. The van der Waals surface area contributed by atoms with E-state index >= 15 is 0 Å². The third-order valence-electron chi connectivity index (χ3n) is 3.64. The maximum atomic E-state index is 11.7. The second-order valence-electron chi connectivity index (χ2n) is 5.18. The van der Waals surface area contributed by atoms with Gasteiger partial charge in [-0.05, 0) is 17.7 Å². The largest absolute Gasteiger partial charge is 0.497 e. The van der Waals surface area contributed by atoms with Gasteiger partial charge in [0.15, 0.2) is 0 Å². The Kier molecular flexibility index (Phi) is 4.52. The summed E-state index contributed by atoms with van der Waals surface area (Å²) in [5.74, 6) is 1.49. The van der Waals surface area contributed by atoms with Gasteiger partial charge in [-0.15, -0.1) is 0 Å². The molecular formula is C16H16ClN5O2. The van der Waals surface area contributed by atoms with Crippen LogP contribution in [0.3, 0.4) is 0 Å². The summed E-state index contributed by atoms with van der Waals surface area (Å²) >= 11 is 6.09. The van der Waals surface area contributed by atoms with E-state index in [4.69, 9.17) is 16.3 Å². The first kappa shape index (κ1) is 16.1. The molecule has 2 aromatic heterocycles. The summed E-state index contributed by atoms with van der Waals surface area (Å²) in [6, 6.07) is 7.27. The number of aromatic amines is 1. The Morgan fingerprint density at radius 2 is 2.25 bits per heavy atom. The lowest BCUT2D eigenvalue weighted by molar-refractivity contribution is 0.414. The molecule has 0 aliphatic rings. The fraction of sp³-hybridized carbons (Fsp3) is 0.188. The Labute approximate surface area is 143 Å². The maximum Gasteiger partial charge on any atom is 0.285 e. The van der Waals surface area contributed by atoms with Crippen molar-refractivity contribution in [2.75, 3.05) is 12.4 Å². The van der Waals surface area contributed by atoms with Crippen LogP contribution in [0.1, 0.15) is 17.4 Å². The second-order valence-corrected chi connectivity index (χ2v) is 5.56. The van der Waals surface area contributed by atoms with Gasteiger partial charge in [0.1, 0.15) is 22.6 Å². The van der Waals surface area contributed by atoms with E-state index in [1.807, 2.05) is 42.1 Å². The van der Waals surface area contributed by atoms with Gasteiger partial charge in [0.05, 0.1) is 19.0 Å². The topological polar surface area (TPSA) is 84.8 Å². The predicted octanol–water partition coefficient (Wildman–Crippen LogP) is 2.37. The zero-order valence-corrected chi connectivity index (χ0v) is 13.9. The first-order valence-electron chi connectivity index (χ1n) is 7.21. The van der Waals surface area contributed by atoms with Crippen molar-refractivity contribution < 1.29 is 4.74 Å². The zero-order valence-electron chi connectivity index (χ0n) is 13.2. The maximum absolute atomic E-state index is 11.7. The van der Waals surface area contributed by atoms with Crippen molar-refractivity contribution in [1.29, 1.82) is 0 Å². The molecule has 1 unspecified atom stereocenters. The molecule has 0 aliphatic heterocycles. The summed E-state index contributed by atoms with van der Waals surface area (Å²) in [5.41, 5.74) is 0.891. The van der Waals surface area contributed by atoms with Crippen molar-refractivity contribution in [3.63, 3.8) is 0 Å². The molecule has 0 aliphatic carbocycles. The molecule has 0 amide bonds. The Hall–Kier alpha value is -2.80. The first-order valence-corrected chi connectivity index (χ1v) is 7.59. The van der Waals surface area contributed by atoms with Crippen LogP contribution < -0.4 is 15.6 Å². The number of halogens is 1. The molecule has 3 rings (SSSR count). The van der Waals surface area contributed by atoms with Gasteiger partial charge in [-0.3, -0.25) is 4.79 Å². The molecule has 8 heteroatoms. The highest BCUT2D eigenvalue weighted by atomic mass is 35.5. The summed E-state index contributed by atoms with van der Waals surface area (Å²) in [5, 5.41) is 9.39. The summed E-state index contributed by atoms with van der Waals surface area (Å²) in [7, 11) is 3.51. The summed E-state index contributed by atoms with van der Waals surface area (Å²) in [6.07, 6.45) is 5.03. The highest BCUT2D eigenvalue weighted by Gasteiger charge is 2.20. The smallest absolute Gasteiger partial charge is 0.285 e. The molecule has 1 atom stereocenters. The van der Waals surface area contributed by atoms with E-state index in [9.17, 15) is 4.79 Å². The number of ether oxygens (including phenoxy) is 1. The monoisotopic (exact) mass is 345 g/mol. The third kappa shape index (κ3) is 3.11. The van der Waals surface area contributed by atoms with Crippen LogP contribution in [0.25, 0.3) is 0 Å². The van der Waals surface area contributed by atoms with E-state index in [0.717, 1.165) is 17.1 Å². The van der Waals surface area contributed by atoms with Gasteiger partial charge in [0, 0.05) is 19.4 Å². The summed E-state index contributed by atoms with van der Waals surface area (Å²) in [6.45, 7) is 0. The van der Waals surface area contributed by atoms with Crippen molar-refractivity contribution in [2.45, 2.75) is 6.04 Å². The van der Waals surface area contributed by atoms with Crippen LogP contribution >= 0.6 is 11.6 Å². The number of nitrogens with one attached hydrogen (secondary N) is 2. The lowest BCUT2D eigenvalue weighted by Crippen LogP contribution is -2.19. The third-order valence-corrected chi connectivity index (χ3v) is 4.01. The molecule has 0 radical (unpaired) electrons. The highest BCUT2D eigenvalue weighted by Crippen LogP contribution is 2.29. The molecule has 3 aromatic rings. The molecule has 2 heterocycles. The van der Waals surface area contributed by atoms with E-state index in [1.54, 1.807) is 13.3 Å². The van der Waals surface area contributed by atoms with Gasteiger partial charge in [-0.1, -0.05) is 23.7 Å². The summed E-state index contributed by atoms with van der Waals surface area (Å²) in [4.78, 5) is 16.1. The fourth-order valence-corrected chi connectivity index (χ4v) is 2.56. The number of nitrogens with zero attached hydrogens (tertiary/aromatic N) is 3. The number of imidazole rings is 1. The van der Waals surface area contributed by atoms with Crippen LogP contribution in [-0.4, -0.2) is 26.9 Å². The van der Waals surface area contributed by atoms with Crippen molar-refractivity contribution in [1.82, 2.24) is 19.7 Å². The van der Waals surface area contributed by atoms with Crippen LogP contribution in [0.4, 0.5) is 5.69 Å². The SMILES string of the molecule is COc1cccc(C(Nc2cn[nH]c(=O)c2Cl)c2nccn2C)c1. The predicted molar refractivity (Wildman–Crippen MR) is 91.5 cm³/mol. The molecule has 0 saturated heterocycles. The normalized spacial score (nSPS) is 12.0. The minimum Gasteiger partial charge on any atom is -0.497 e. The first-order chi connectivity index (χ1) is 11.6. The van der Waals surface area contributed by atoms with E-state index in [0.29, 0.717) is 5.69 Å². The average molecular weight is 346 g/mol. The molecule has 1 aromatic carbocycles. The van der Waals surface area contributed by atoms with E-state index in [2.05, 4.69) is 20.5 Å². The number of aromatic nitrogens is 4. The number of anilines is 1. The van der Waals surface area contributed by atoms with Crippen LogP contribution in [0.5, 0.6) is 5.75 Å². The molecule has 24 heavy (non-hydrogen) atoms. The van der Waals surface area contributed by atoms with Crippen molar-refractivity contribution >= 4 is 17.3 Å². The highest BCUT2D eigenvalue weighted by molar-refractivity contribution is 6.32. The lowest BCUT2D eigenvalue weighted by Gasteiger charge is -2.21. The van der Waals surface area contributed by atoms with Gasteiger partial charge < -0.3 is 14.6 Å². The number of benzene rings is 1. The number of methoxy groups -OCH3 is 1. The Bertz CT molecular complexity index is 905. The standard InChI is InChI=1S/C16H16ClN5O2/c1-22-7-6-18-15(22)14(10-4-3-5-11(8-10)24-2)20-12-9-19-21-16(23)13(12)17/h3-9,14H,1-2H3,(H2,20,21,23). The molecule has 0 bridgehead atoms. The molecular weight excluding hydrogens is 330 g/mol. The lowest BCUT2D eigenvalue weighted by atomic mass is 10.1. The van der Waals surface area contributed by atoms with Gasteiger partial charge >= 0.3 is 0 Å². The number of rotatable bonds is 5. The molecule has 124 valence electrons. The number of H-pyrrole nitrogens is 1. The van der Waals surface area contributed by atoms with Crippen LogP contribution in [0.15, 0.2) is 47.7 Å². The minimum absolute atomic E-state index is 0.0482. The van der Waals surface area contributed by atoms with E-state index in [1.165, 1.54) is 6.20 Å². The average Bonchev–Trinajstić information content (AvgIpc) is 3.02. The molecule has 0 saturated carbocycles. The van der Waals surface area contributed by atoms with Crippen molar-refractivity contribution in [3.8, 4) is 5.75 Å². The van der Waals surface area contributed by atoms with Crippen LogP contribution in [-0.2, 0) is 7.05 Å². The summed E-state index contributed by atoms with van der Waals surface area (Å²) < 4.78 is 7.19. The Balaban J connectivity index is 2.07. The van der Waals surface area contributed by atoms with Gasteiger partial charge in [-0.2, -0.15) is 5.10 Å². The Morgan fingerprint density at radius 3 is 2.96 bits per heavy atom. The Morgan fingerprint density at radius 1 is 1.42 bits per heavy atom. The van der Waals surface area contributed by atoms with Gasteiger partial charge in [0.25, 0.3) is 5.56 Å². The van der Waals surface area contributed by atoms with Gasteiger partial charge in [0.2, 0.25) is 0 Å². The fourth-order valence-electron chi connectivity index (χ4n) is 2.41. The second kappa shape index (κ2) is 6.76. The number of hydrogen-bond acceptors (Lipinski definition) is 5. The number of hydrogen-bond donors (Lipinski definition) is 2. The molecule has 0 fully saturated rings. The van der Waals surface area contributed by atoms with Crippen molar-refractivity contribution in [3.05, 3.63) is 69.6 Å². The number of aryl methyl sites for hydroxylation is 1. The van der Waals surface area contributed by atoms with Gasteiger partial charge in [-0.25, -0.2) is 10.1 Å². The van der Waals surface area contributed by atoms with Crippen LogP contribution in [0.2, 0.25) is 5.02 Å².